The maximum atomic E-state index is 12.8. The molecule has 0 saturated heterocycles. The molecule has 0 saturated carbocycles. The van der Waals surface area contributed by atoms with Crippen LogP contribution in [-0.4, -0.2) is 44.6 Å². The summed E-state index contributed by atoms with van der Waals surface area (Å²) in [4.78, 5) is 32.5. The minimum Gasteiger partial charge on any atom is -0.392 e. The monoisotopic (exact) mass is 507 g/mol. The Kier molecular flexibility index (Phi) is 8.44. The first-order chi connectivity index (χ1) is 17.5. The first-order valence-electron chi connectivity index (χ1n) is 11.6. The van der Waals surface area contributed by atoms with Crippen LogP contribution in [0.25, 0.3) is 10.9 Å². The Morgan fingerprint density at radius 3 is 2.67 bits per heavy atom. The van der Waals surface area contributed by atoms with Gasteiger partial charge in [0.1, 0.15) is 0 Å². The van der Waals surface area contributed by atoms with Crippen molar-refractivity contribution in [2.24, 2.45) is 5.73 Å². The molecule has 2 aromatic heterocycles. The van der Waals surface area contributed by atoms with E-state index in [1.54, 1.807) is 30.5 Å². The second-order valence-corrected chi connectivity index (χ2v) is 9.46. The minimum absolute atomic E-state index is 0.177. The van der Waals surface area contributed by atoms with Gasteiger partial charge in [-0.1, -0.05) is 6.07 Å². The van der Waals surface area contributed by atoms with Crippen molar-refractivity contribution in [1.82, 2.24) is 15.3 Å². The fraction of sp³-hybridized carbons (Fsp3) is 0.269. The van der Waals surface area contributed by atoms with Crippen molar-refractivity contribution in [3.05, 3.63) is 81.4 Å². The third kappa shape index (κ3) is 6.35. The Morgan fingerprint density at radius 1 is 1.08 bits per heavy atom. The van der Waals surface area contributed by atoms with Gasteiger partial charge in [-0.05, 0) is 60.4 Å². The summed E-state index contributed by atoms with van der Waals surface area (Å²) in [6, 6.07) is 11.8. The van der Waals surface area contributed by atoms with E-state index < -0.39 is 6.04 Å². The van der Waals surface area contributed by atoms with Gasteiger partial charge in [-0.25, -0.2) is 4.98 Å². The van der Waals surface area contributed by atoms with Gasteiger partial charge >= 0.3 is 0 Å². The highest BCUT2D eigenvalue weighted by atomic mass is 32.1. The summed E-state index contributed by atoms with van der Waals surface area (Å²) in [5, 5.41) is 28.1. The van der Waals surface area contributed by atoms with Gasteiger partial charge in [0.25, 0.3) is 5.91 Å². The topological polar surface area (TPSA) is 153 Å². The quantitative estimate of drug-likeness (QED) is 0.172. The van der Waals surface area contributed by atoms with Crippen LogP contribution in [0.5, 0.6) is 0 Å². The maximum absolute atomic E-state index is 12.8. The highest BCUT2D eigenvalue weighted by molar-refractivity contribution is 7.09. The number of hydrogen-bond acceptors (Lipinski definition) is 7. The number of anilines is 1. The van der Waals surface area contributed by atoms with Gasteiger partial charge in [0.2, 0.25) is 5.91 Å². The number of carbonyl (C=O) groups excluding carboxylic acids is 2. The summed E-state index contributed by atoms with van der Waals surface area (Å²) in [7, 11) is 0. The normalized spacial score (nSPS) is 12.0. The number of carbonyl (C=O) groups is 2. The average Bonchev–Trinajstić information content (AvgIpc) is 3.55. The van der Waals surface area contributed by atoms with E-state index in [0.29, 0.717) is 35.3 Å². The second-order valence-electron chi connectivity index (χ2n) is 8.48. The summed E-state index contributed by atoms with van der Waals surface area (Å²) in [6.07, 6.45) is 3.61. The third-order valence-corrected chi connectivity index (χ3v) is 6.68. The third-order valence-electron chi connectivity index (χ3n) is 5.88. The van der Waals surface area contributed by atoms with Gasteiger partial charge < -0.3 is 31.6 Å². The van der Waals surface area contributed by atoms with E-state index in [-0.39, 0.29) is 25.0 Å². The van der Waals surface area contributed by atoms with Crippen LogP contribution in [0, 0.1) is 0 Å². The molecule has 0 spiro atoms. The maximum Gasteiger partial charge on any atom is 0.255 e. The molecule has 2 aromatic carbocycles. The van der Waals surface area contributed by atoms with Crippen LogP contribution < -0.4 is 16.4 Å². The van der Waals surface area contributed by atoms with E-state index in [4.69, 9.17) is 5.73 Å². The number of H-pyrrole nitrogens is 1. The van der Waals surface area contributed by atoms with Crippen molar-refractivity contribution >= 4 is 39.7 Å². The minimum atomic E-state index is -0.614. The Balaban J connectivity index is 1.30. The number of thiazole rings is 1. The SMILES string of the molecule is N[C@@H](Cc1nccs1)C(=O)NCCCc1cc2cc(C(=O)Nc3ccc(CO)c(CO)c3)ccc2[nH]1. The number of aliphatic hydroxyl groups is 2. The molecule has 4 aromatic rings. The van der Waals surface area contributed by atoms with Gasteiger partial charge in [-0.15, -0.1) is 11.3 Å². The molecule has 0 aliphatic heterocycles. The van der Waals surface area contributed by atoms with Crippen LogP contribution >= 0.6 is 11.3 Å². The molecule has 9 nitrogen and oxygen atoms in total. The Hall–Kier alpha value is -3.57. The summed E-state index contributed by atoms with van der Waals surface area (Å²) in [5.41, 5.74) is 10.1. The number of benzene rings is 2. The number of rotatable bonds is 11. The molecule has 2 amide bonds. The molecule has 188 valence electrons. The predicted octanol–water partition coefficient (Wildman–Crippen LogP) is 2.48. The smallest absolute Gasteiger partial charge is 0.255 e. The molecule has 7 N–H and O–H groups in total. The standard InChI is InChI=1S/C26H29N5O4S/c27-22(13-24-28-8-9-36-24)26(35)29-7-1-2-20-11-18-10-16(4-6-23(18)30-20)25(34)31-21-5-3-17(14-32)19(12-21)15-33/h3-6,8-12,22,30,32-33H,1-2,7,13-15,27H2,(H,29,35)(H,31,34)/t22-/m0/s1. The highest BCUT2D eigenvalue weighted by Crippen LogP contribution is 2.21. The summed E-state index contributed by atoms with van der Waals surface area (Å²) in [5.74, 6) is -0.452. The Morgan fingerprint density at radius 2 is 1.92 bits per heavy atom. The molecule has 0 unspecified atom stereocenters. The lowest BCUT2D eigenvalue weighted by Gasteiger charge is -2.10. The number of aryl methyl sites for hydroxylation is 1. The summed E-state index contributed by atoms with van der Waals surface area (Å²) < 4.78 is 0. The molecule has 0 fully saturated rings. The van der Waals surface area contributed by atoms with Crippen molar-refractivity contribution in [2.45, 2.75) is 38.5 Å². The van der Waals surface area contributed by atoms with Gasteiger partial charge in [0.15, 0.2) is 0 Å². The van der Waals surface area contributed by atoms with Gasteiger partial charge in [0, 0.05) is 52.4 Å². The number of aromatic amines is 1. The molecule has 1 atom stereocenters. The van der Waals surface area contributed by atoms with Crippen LogP contribution in [-0.2, 0) is 30.8 Å². The number of fused-ring (bicyclic) bond motifs is 1. The lowest BCUT2D eigenvalue weighted by atomic mass is 10.1. The van der Waals surface area contributed by atoms with Crippen LogP contribution in [0.2, 0.25) is 0 Å². The molecule has 36 heavy (non-hydrogen) atoms. The van der Waals surface area contributed by atoms with Crippen molar-refractivity contribution in [3.63, 3.8) is 0 Å². The first-order valence-corrected chi connectivity index (χ1v) is 12.5. The summed E-state index contributed by atoms with van der Waals surface area (Å²) >= 11 is 1.48. The molecular weight excluding hydrogens is 478 g/mol. The van der Waals surface area contributed by atoms with E-state index in [1.165, 1.54) is 11.3 Å². The molecular formula is C26H29N5O4S. The van der Waals surface area contributed by atoms with Crippen LogP contribution in [0.15, 0.2) is 54.0 Å². The Bertz CT molecular complexity index is 1340. The number of amides is 2. The predicted molar refractivity (Wildman–Crippen MR) is 140 cm³/mol. The van der Waals surface area contributed by atoms with E-state index in [2.05, 4.69) is 20.6 Å². The highest BCUT2D eigenvalue weighted by Gasteiger charge is 2.15. The van der Waals surface area contributed by atoms with Crippen LogP contribution in [0.4, 0.5) is 5.69 Å². The van der Waals surface area contributed by atoms with Crippen molar-refractivity contribution < 1.29 is 19.8 Å². The van der Waals surface area contributed by atoms with Crippen molar-refractivity contribution in [2.75, 3.05) is 11.9 Å². The van der Waals surface area contributed by atoms with Crippen LogP contribution in [0.3, 0.4) is 0 Å². The van der Waals surface area contributed by atoms with E-state index in [0.717, 1.165) is 34.4 Å². The number of nitrogens with zero attached hydrogens (tertiary/aromatic N) is 1. The molecule has 0 bridgehead atoms. The van der Waals surface area contributed by atoms with Crippen molar-refractivity contribution in [1.29, 1.82) is 0 Å². The summed E-state index contributed by atoms with van der Waals surface area (Å²) in [6.45, 7) is 0.114. The number of hydrogen-bond donors (Lipinski definition) is 6. The average molecular weight is 508 g/mol. The number of aromatic nitrogens is 2. The Labute approximate surface area is 212 Å². The molecule has 0 aliphatic carbocycles. The zero-order valence-electron chi connectivity index (χ0n) is 19.7. The number of nitrogens with two attached hydrogens (primary N) is 1. The van der Waals surface area contributed by atoms with Gasteiger partial charge in [-0.2, -0.15) is 0 Å². The lowest BCUT2D eigenvalue weighted by molar-refractivity contribution is -0.122. The zero-order valence-corrected chi connectivity index (χ0v) is 20.5. The van der Waals surface area contributed by atoms with Crippen LogP contribution in [0.1, 0.15) is 38.6 Å². The van der Waals surface area contributed by atoms with E-state index >= 15 is 0 Å². The van der Waals surface area contributed by atoms with Crippen molar-refractivity contribution in [3.8, 4) is 0 Å². The lowest BCUT2D eigenvalue weighted by Crippen LogP contribution is -2.42. The second kappa shape index (κ2) is 11.9. The largest absolute Gasteiger partial charge is 0.392 e. The molecule has 2 heterocycles. The van der Waals surface area contributed by atoms with E-state index in [9.17, 15) is 19.8 Å². The molecule has 10 heteroatoms. The fourth-order valence-corrected chi connectivity index (χ4v) is 4.61. The number of nitrogens with one attached hydrogen (secondary N) is 3. The number of aliphatic hydroxyl groups excluding tert-OH is 2. The fourth-order valence-electron chi connectivity index (χ4n) is 3.93. The molecule has 4 rings (SSSR count). The van der Waals surface area contributed by atoms with E-state index in [1.807, 2.05) is 23.6 Å². The zero-order chi connectivity index (χ0) is 25.5. The van der Waals surface area contributed by atoms with Gasteiger partial charge in [-0.3, -0.25) is 9.59 Å². The first kappa shape index (κ1) is 25.5. The molecule has 0 aliphatic rings. The molecule has 0 radical (unpaired) electrons. The van der Waals surface area contributed by atoms with Gasteiger partial charge in [0.05, 0.1) is 24.3 Å².